The lowest BCUT2D eigenvalue weighted by Gasteiger charge is -2.17. The molecule has 2 rings (SSSR count). The van der Waals surface area contributed by atoms with Crippen LogP contribution in [0.1, 0.15) is 5.56 Å². The van der Waals surface area contributed by atoms with Gasteiger partial charge in [-0.15, -0.1) is 0 Å². The second-order valence-corrected chi connectivity index (χ2v) is 6.19. The number of esters is 1. The molecule has 0 fully saturated rings. The van der Waals surface area contributed by atoms with E-state index in [1.165, 1.54) is 19.2 Å². The highest BCUT2D eigenvalue weighted by Gasteiger charge is 2.16. The predicted octanol–water partition coefficient (Wildman–Crippen LogP) is 2.23. The van der Waals surface area contributed by atoms with Crippen LogP contribution in [0.4, 0.5) is 5.69 Å². The van der Waals surface area contributed by atoms with E-state index < -0.39 is 24.4 Å². The van der Waals surface area contributed by atoms with Gasteiger partial charge in [-0.1, -0.05) is 35.9 Å². The minimum absolute atomic E-state index is 0.0235. The lowest BCUT2D eigenvalue weighted by atomic mass is 10.1. The molecule has 27 heavy (non-hydrogen) atoms. The molecule has 7 nitrogen and oxygen atoms in total. The average molecular weight is 391 g/mol. The highest BCUT2D eigenvalue weighted by molar-refractivity contribution is 6.33. The van der Waals surface area contributed by atoms with Crippen LogP contribution in [0.2, 0.25) is 5.02 Å². The zero-order valence-corrected chi connectivity index (χ0v) is 15.4. The maximum atomic E-state index is 12.0. The van der Waals surface area contributed by atoms with Crippen molar-refractivity contribution in [2.45, 2.75) is 6.42 Å². The number of ether oxygens (including phenoxy) is 1. The van der Waals surface area contributed by atoms with Crippen molar-refractivity contribution in [2.24, 2.45) is 0 Å². The van der Waals surface area contributed by atoms with E-state index in [0.717, 1.165) is 4.90 Å². The maximum absolute atomic E-state index is 12.0. The fourth-order valence-corrected chi connectivity index (χ4v) is 2.32. The highest BCUT2D eigenvalue weighted by atomic mass is 35.5. The van der Waals surface area contributed by atoms with Crippen molar-refractivity contribution in [3.05, 3.63) is 59.1 Å². The predicted molar refractivity (Wildman–Crippen MR) is 100 cm³/mol. The lowest BCUT2D eigenvalue weighted by molar-refractivity contribution is -0.151. The summed E-state index contributed by atoms with van der Waals surface area (Å²) in [6, 6.07) is 12.8. The third kappa shape index (κ3) is 6.63. The largest absolute Gasteiger partial charge is 0.508 e. The molecule has 0 bridgehead atoms. The van der Waals surface area contributed by atoms with Gasteiger partial charge in [0, 0.05) is 7.05 Å². The molecule has 0 saturated carbocycles. The van der Waals surface area contributed by atoms with E-state index in [4.69, 9.17) is 16.3 Å². The summed E-state index contributed by atoms with van der Waals surface area (Å²) in [5.41, 5.74) is 1.10. The summed E-state index contributed by atoms with van der Waals surface area (Å²) in [7, 11) is 1.43. The van der Waals surface area contributed by atoms with Crippen molar-refractivity contribution in [1.82, 2.24) is 4.90 Å². The molecule has 0 atom stereocenters. The van der Waals surface area contributed by atoms with E-state index in [0.29, 0.717) is 16.3 Å². The summed E-state index contributed by atoms with van der Waals surface area (Å²) in [4.78, 5) is 36.9. The number of nitrogens with zero attached hydrogens (tertiary/aromatic N) is 1. The van der Waals surface area contributed by atoms with Crippen molar-refractivity contribution in [2.75, 3.05) is 25.5 Å². The molecule has 0 saturated heterocycles. The molecule has 8 heteroatoms. The monoisotopic (exact) mass is 390 g/mol. The molecule has 0 heterocycles. The van der Waals surface area contributed by atoms with Crippen LogP contribution >= 0.6 is 11.6 Å². The fraction of sp³-hybridized carbons (Fsp3) is 0.211. The minimum atomic E-state index is -0.581. The Morgan fingerprint density at radius 1 is 1.11 bits per heavy atom. The fourth-order valence-electron chi connectivity index (χ4n) is 2.14. The van der Waals surface area contributed by atoms with E-state index in [9.17, 15) is 19.5 Å². The molecule has 0 unspecified atom stereocenters. The van der Waals surface area contributed by atoms with Crippen LogP contribution in [-0.2, 0) is 25.5 Å². The summed E-state index contributed by atoms with van der Waals surface area (Å²) in [6.45, 7) is -0.674. The number of nitrogens with one attached hydrogen (secondary N) is 1. The number of benzene rings is 2. The SMILES string of the molecule is CN(CC(=O)Nc1ccccc1Cl)C(=O)COC(=O)Cc1ccc(O)cc1. The number of rotatable bonds is 7. The van der Waals surface area contributed by atoms with Crippen LogP contribution in [0.15, 0.2) is 48.5 Å². The number of anilines is 1. The van der Waals surface area contributed by atoms with Crippen LogP contribution in [0.5, 0.6) is 5.75 Å². The number of carbonyl (C=O) groups is 3. The van der Waals surface area contributed by atoms with Gasteiger partial charge in [0.1, 0.15) is 5.75 Å². The van der Waals surface area contributed by atoms with Gasteiger partial charge in [-0.25, -0.2) is 0 Å². The number of likely N-dealkylation sites (N-methyl/N-ethyl adjacent to an activating group) is 1. The third-order valence-corrected chi connectivity index (χ3v) is 3.93. The van der Waals surface area contributed by atoms with Crippen LogP contribution < -0.4 is 5.32 Å². The molecule has 2 aromatic carbocycles. The van der Waals surface area contributed by atoms with Crippen molar-refractivity contribution in [1.29, 1.82) is 0 Å². The molecule has 2 amide bonds. The topological polar surface area (TPSA) is 95.9 Å². The Morgan fingerprint density at radius 3 is 2.44 bits per heavy atom. The summed E-state index contributed by atoms with van der Waals surface area (Å²) in [5, 5.41) is 12.2. The molecular formula is C19H19ClN2O5. The summed E-state index contributed by atoms with van der Waals surface area (Å²) >= 11 is 5.96. The summed E-state index contributed by atoms with van der Waals surface area (Å²) in [6.07, 6.45) is -0.0235. The smallest absolute Gasteiger partial charge is 0.310 e. The molecule has 2 N–H and O–H groups in total. The first-order chi connectivity index (χ1) is 12.8. The number of aromatic hydroxyl groups is 1. The summed E-state index contributed by atoms with van der Waals surface area (Å²) < 4.78 is 4.93. The van der Waals surface area contributed by atoms with Gasteiger partial charge >= 0.3 is 5.97 Å². The van der Waals surface area contributed by atoms with Gasteiger partial charge in [0.25, 0.3) is 5.91 Å². The molecule has 0 radical (unpaired) electrons. The van der Waals surface area contributed by atoms with Crippen LogP contribution in [0, 0.1) is 0 Å². The number of para-hydroxylation sites is 1. The Morgan fingerprint density at radius 2 is 1.78 bits per heavy atom. The Bertz CT molecular complexity index is 823. The summed E-state index contributed by atoms with van der Waals surface area (Å²) in [5.74, 6) is -1.42. The van der Waals surface area contributed by atoms with Crippen LogP contribution in [0.25, 0.3) is 0 Å². The van der Waals surface area contributed by atoms with Gasteiger partial charge in [0.15, 0.2) is 6.61 Å². The molecule has 0 aliphatic carbocycles. The third-order valence-electron chi connectivity index (χ3n) is 3.60. The Balaban J connectivity index is 1.76. The van der Waals surface area contributed by atoms with Crippen molar-refractivity contribution >= 4 is 35.1 Å². The molecule has 2 aromatic rings. The lowest BCUT2D eigenvalue weighted by Crippen LogP contribution is -2.37. The number of amides is 2. The van der Waals surface area contributed by atoms with Gasteiger partial charge < -0.3 is 20.1 Å². The first-order valence-electron chi connectivity index (χ1n) is 8.07. The highest BCUT2D eigenvalue weighted by Crippen LogP contribution is 2.20. The standard InChI is InChI=1S/C19H19ClN2O5/c1-22(11-17(24)21-16-5-3-2-4-15(16)20)18(25)12-27-19(26)10-13-6-8-14(23)9-7-13/h2-9,23H,10-12H2,1H3,(H,21,24). The number of phenols is 1. The minimum Gasteiger partial charge on any atom is -0.508 e. The molecule has 0 aliphatic rings. The average Bonchev–Trinajstić information content (AvgIpc) is 2.63. The van der Waals surface area contributed by atoms with Gasteiger partial charge in [0.05, 0.1) is 23.7 Å². The zero-order valence-electron chi connectivity index (χ0n) is 14.6. The zero-order chi connectivity index (χ0) is 19.8. The number of carbonyl (C=O) groups excluding carboxylic acids is 3. The van der Waals surface area contributed by atoms with E-state index >= 15 is 0 Å². The van der Waals surface area contributed by atoms with Gasteiger partial charge in [-0.05, 0) is 29.8 Å². The molecule has 0 spiro atoms. The van der Waals surface area contributed by atoms with Crippen molar-refractivity contribution < 1.29 is 24.2 Å². The van der Waals surface area contributed by atoms with E-state index in [-0.39, 0.29) is 18.7 Å². The first kappa shape index (κ1) is 20.3. The van der Waals surface area contributed by atoms with Crippen LogP contribution in [-0.4, -0.2) is 48.0 Å². The first-order valence-corrected chi connectivity index (χ1v) is 8.45. The number of halogens is 1. The Kier molecular flexibility index (Phi) is 7.19. The normalized spacial score (nSPS) is 10.1. The number of hydrogen-bond donors (Lipinski definition) is 2. The Hall–Kier alpha value is -3.06. The second kappa shape index (κ2) is 9.59. The van der Waals surface area contributed by atoms with Gasteiger partial charge in [-0.2, -0.15) is 0 Å². The quantitative estimate of drug-likeness (QED) is 0.707. The van der Waals surface area contributed by atoms with Gasteiger partial charge in [0.2, 0.25) is 5.91 Å². The number of hydrogen-bond acceptors (Lipinski definition) is 5. The van der Waals surface area contributed by atoms with E-state index in [1.54, 1.807) is 36.4 Å². The van der Waals surface area contributed by atoms with Crippen molar-refractivity contribution in [3.63, 3.8) is 0 Å². The molecule has 142 valence electrons. The number of phenolic OH excluding ortho intramolecular Hbond substituents is 1. The molecule has 0 aliphatic heterocycles. The molecular weight excluding hydrogens is 372 g/mol. The van der Waals surface area contributed by atoms with Crippen LogP contribution in [0.3, 0.4) is 0 Å². The van der Waals surface area contributed by atoms with E-state index in [2.05, 4.69) is 5.32 Å². The van der Waals surface area contributed by atoms with Crippen molar-refractivity contribution in [3.8, 4) is 5.75 Å². The Labute approximate surface area is 161 Å². The van der Waals surface area contributed by atoms with E-state index in [1.807, 2.05) is 0 Å². The molecule has 0 aromatic heterocycles. The second-order valence-electron chi connectivity index (χ2n) is 5.78. The van der Waals surface area contributed by atoms with Gasteiger partial charge in [-0.3, -0.25) is 14.4 Å². The maximum Gasteiger partial charge on any atom is 0.310 e.